The summed E-state index contributed by atoms with van der Waals surface area (Å²) in [6, 6.07) is 9.31. The lowest BCUT2D eigenvalue weighted by Crippen LogP contribution is -2.49. The van der Waals surface area contributed by atoms with Crippen molar-refractivity contribution in [3.05, 3.63) is 48.0 Å². The molecule has 3 N–H and O–H groups in total. The number of aliphatic hydroxyl groups is 1. The molecule has 1 fully saturated rings. The molecule has 6 nitrogen and oxygen atoms in total. The molecule has 0 saturated heterocycles. The van der Waals surface area contributed by atoms with Gasteiger partial charge >= 0.3 is 0 Å². The Bertz CT molecular complexity index is 657. The molecule has 0 aromatic heterocycles. The molecule has 1 aliphatic carbocycles. The highest BCUT2D eigenvalue weighted by Crippen LogP contribution is 2.29. The van der Waals surface area contributed by atoms with Crippen LogP contribution in [0.4, 0.5) is 0 Å². The molecular weight excluding hydrogens is 332 g/mol. The summed E-state index contributed by atoms with van der Waals surface area (Å²) < 4.78 is 5.79. The predicted molar refractivity (Wildman–Crippen MR) is 97.2 cm³/mol. The van der Waals surface area contributed by atoms with Gasteiger partial charge in [-0.05, 0) is 25.3 Å². The van der Waals surface area contributed by atoms with Crippen LogP contribution in [-0.4, -0.2) is 41.8 Å². The molecule has 4 atom stereocenters. The van der Waals surface area contributed by atoms with E-state index in [1.807, 2.05) is 43.3 Å². The van der Waals surface area contributed by atoms with Crippen LogP contribution in [0.25, 0.3) is 0 Å². The fourth-order valence-electron chi connectivity index (χ4n) is 3.07. The Balaban J connectivity index is 1.51. The molecule has 1 saturated carbocycles. The van der Waals surface area contributed by atoms with Crippen molar-refractivity contribution in [2.45, 2.75) is 50.5 Å². The van der Waals surface area contributed by atoms with Crippen LogP contribution < -0.4 is 10.6 Å². The van der Waals surface area contributed by atoms with E-state index in [9.17, 15) is 14.7 Å². The van der Waals surface area contributed by atoms with Gasteiger partial charge in [0.1, 0.15) is 6.10 Å². The van der Waals surface area contributed by atoms with Crippen LogP contribution in [0.5, 0.6) is 0 Å². The van der Waals surface area contributed by atoms with Gasteiger partial charge < -0.3 is 20.5 Å². The number of amides is 2. The van der Waals surface area contributed by atoms with Crippen molar-refractivity contribution in [2.75, 3.05) is 6.61 Å². The number of carbonyl (C=O) groups is 2. The van der Waals surface area contributed by atoms with Gasteiger partial charge in [-0.3, -0.25) is 9.59 Å². The first-order valence-corrected chi connectivity index (χ1v) is 9.16. The monoisotopic (exact) mass is 358 g/mol. The molecule has 1 heterocycles. The Morgan fingerprint density at radius 3 is 2.62 bits per heavy atom. The van der Waals surface area contributed by atoms with Crippen molar-refractivity contribution in [2.24, 2.45) is 5.92 Å². The maximum atomic E-state index is 12.3. The minimum Gasteiger partial charge on any atom is -0.394 e. The van der Waals surface area contributed by atoms with Gasteiger partial charge in [0.05, 0.1) is 31.2 Å². The summed E-state index contributed by atoms with van der Waals surface area (Å²) in [6.07, 6.45) is 4.69. The third-order valence-corrected chi connectivity index (χ3v) is 4.78. The molecule has 3 rings (SSSR count). The van der Waals surface area contributed by atoms with E-state index in [1.54, 1.807) is 6.08 Å². The van der Waals surface area contributed by atoms with Gasteiger partial charge in [-0.1, -0.05) is 42.5 Å². The van der Waals surface area contributed by atoms with Gasteiger partial charge in [0.25, 0.3) is 0 Å². The molecule has 0 unspecified atom stereocenters. The van der Waals surface area contributed by atoms with E-state index in [0.29, 0.717) is 0 Å². The molecule has 140 valence electrons. The minimum atomic E-state index is -0.535. The van der Waals surface area contributed by atoms with Crippen molar-refractivity contribution < 1.29 is 19.4 Å². The number of benzene rings is 1. The molecule has 26 heavy (non-hydrogen) atoms. The molecular formula is C20H26N2O4. The summed E-state index contributed by atoms with van der Waals surface area (Å²) in [5.41, 5.74) is 1.04. The standard InChI is InChI=1S/C20H26N2O4/c1-13(14-5-3-2-4-6-14)21-19(24)11-16-9-10-17(18(12-23)26-16)22-20(25)15-7-8-15/h2-6,9-10,13,15-18,23H,7-8,11-12H2,1H3,(H,21,24)(H,22,25)/t13-,16-,17-,18-/m0/s1. The number of nitrogens with one attached hydrogen (secondary N) is 2. The van der Waals surface area contributed by atoms with Gasteiger partial charge in [-0.2, -0.15) is 0 Å². The SMILES string of the molecule is C[C@H](NC(=O)C[C@@H]1C=C[C@H](NC(=O)C2CC2)[C@H](CO)O1)c1ccccc1. The fourth-order valence-corrected chi connectivity index (χ4v) is 3.07. The Morgan fingerprint density at radius 1 is 1.23 bits per heavy atom. The van der Waals surface area contributed by atoms with E-state index >= 15 is 0 Å². The average molecular weight is 358 g/mol. The smallest absolute Gasteiger partial charge is 0.223 e. The lowest BCUT2D eigenvalue weighted by molar-refractivity contribution is -0.129. The van der Waals surface area contributed by atoms with Crippen molar-refractivity contribution in [1.82, 2.24) is 10.6 Å². The molecule has 0 spiro atoms. The van der Waals surface area contributed by atoms with E-state index in [0.717, 1.165) is 18.4 Å². The minimum absolute atomic E-state index is 0.00887. The summed E-state index contributed by atoms with van der Waals surface area (Å²) in [5.74, 6) is -0.00606. The van der Waals surface area contributed by atoms with E-state index in [4.69, 9.17) is 4.74 Å². The highest BCUT2D eigenvalue weighted by molar-refractivity contribution is 5.81. The first-order chi connectivity index (χ1) is 12.6. The summed E-state index contributed by atoms with van der Waals surface area (Å²) in [7, 11) is 0. The number of rotatable bonds is 7. The van der Waals surface area contributed by atoms with Crippen LogP contribution in [0.2, 0.25) is 0 Å². The number of hydrogen-bond acceptors (Lipinski definition) is 4. The zero-order valence-corrected chi connectivity index (χ0v) is 14.9. The lowest BCUT2D eigenvalue weighted by atomic mass is 10.0. The van der Waals surface area contributed by atoms with E-state index < -0.39 is 12.2 Å². The van der Waals surface area contributed by atoms with Crippen LogP contribution in [0.3, 0.4) is 0 Å². The van der Waals surface area contributed by atoms with Crippen LogP contribution in [0.1, 0.15) is 37.8 Å². The highest BCUT2D eigenvalue weighted by Gasteiger charge is 2.34. The fraction of sp³-hybridized carbons (Fsp3) is 0.500. The second-order valence-electron chi connectivity index (χ2n) is 6.99. The Morgan fingerprint density at radius 2 is 1.96 bits per heavy atom. The zero-order valence-electron chi connectivity index (χ0n) is 14.9. The number of carbonyl (C=O) groups excluding carboxylic acids is 2. The molecule has 6 heteroatoms. The first-order valence-electron chi connectivity index (χ1n) is 9.16. The van der Waals surface area contributed by atoms with Gasteiger partial charge in [-0.15, -0.1) is 0 Å². The topological polar surface area (TPSA) is 87.7 Å². The van der Waals surface area contributed by atoms with Gasteiger partial charge in [0.15, 0.2) is 0 Å². The molecule has 2 aliphatic rings. The molecule has 0 radical (unpaired) electrons. The third kappa shape index (κ3) is 4.93. The van der Waals surface area contributed by atoms with Crippen molar-refractivity contribution in [3.8, 4) is 0 Å². The number of aliphatic hydroxyl groups excluding tert-OH is 1. The Hall–Kier alpha value is -2.18. The molecule has 1 aromatic rings. The van der Waals surface area contributed by atoms with Crippen LogP contribution in [-0.2, 0) is 14.3 Å². The zero-order chi connectivity index (χ0) is 18.5. The second-order valence-corrected chi connectivity index (χ2v) is 6.99. The maximum Gasteiger partial charge on any atom is 0.223 e. The normalized spacial score (nSPS) is 26.2. The van der Waals surface area contributed by atoms with Crippen LogP contribution >= 0.6 is 0 Å². The number of ether oxygens (including phenoxy) is 1. The van der Waals surface area contributed by atoms with Gasteiger partial charge in [-0.25, -0.2) is 0 Å². The average Bonchev–Trinajstić information content (AvgIpc) is 3.48. The summed E-state index contributed by atoms with van der Waals surface area (Å²) in [6.45, 7) is 1.73. The largest absolute Gasteiger partial charge is 0.394 e. The van der Waals surface area contributed by atoms with E-state index in [1.165, 1.54) is 0 Å². The van der Waals surface area contributed by atoms with Crippen molar-refractivity contribution in [1.29, 1.82) is 0 Å². The summed E-state index contributed by atoms with van der Waals surface area (Å²) in [5, 5.41) is 15.4. The molecule has 0 bridgehead atoms. The van der Waals surface area contributed by atoms with Gasteiger partial charge in [0, 0.05) is 5.92 Å². The second kappa shape index (κ2) is 8.47. The Labute approximate surface area is 153 Å². The summed E-state index contributed by atoms with van der Waals surface area (Å²) in [4.78, 5) is 24.2. The summed E-state index contributed by atoms with van der Waals surface area (Å²) >= 11 is 0. The predicted octanol–water partition coefficient (Wildman–Crippen LogP) is 1.46. The molecule has 1 aliphatic heterocycles. The number of hydrogen-bond donors (Lipinski definition) is 3. The van der Waals surface area contributed by atoms with Crippen molar-refractivity contribution in [3.63, 3.8) is 0 Å². The van der Waals surface area contributed by atoms with Crippen LogP contribution in [0, 0.1) is 5.92 Å². The van der Waals surface area contributed by atoms with Crippen LogP contribution in [0.15, 0.2) is 42.5 Å². The van der Waals surface area contributed by atoms with E-state index in [-0.39, 0.29) is 42.8 Å². The molecule has 1 aromatic carbocycles. The van der Waals surface area contributed by atoms with Gasteiger partial charge in [0.2, 0.25) is 11.8 Å². The van der Waals surface area contributed by atoms with Crippen molar-refractivity contribution >= 4 is 11.8 Å². The maximum absolute atomic E-state index is 12.3. The molecule has 2 amide bonds. The first kappa shape index (κ1) is 18.6. The highest BCUT2D eigenvalue weighted by atomic mass is 16.5. The Kier molecular flexibility index (Phi) is 6.06. The quantitative estimate of drug-likeness (QED) is 0.644. The lowest BCUT2D eigenvalue weighted by Gasteiger charge is -2.32. The third-order valence-electron chi connectivity index (χ3n) is 4.78. The van der Waals surface area contributed by atoms with E-state index in [2.05, 4.69) is 10.6 Å².